The topological polar surface area (TPSA) is 127 Å². The third-order valence-corrected chi connectivity index (χ3v) is 7.00. The van der Waals surface area contributed by atoms with Crippen LogP contribution in [-0.4, -0.2) is 55.3 Å². The Morgan fingerprint density at radius 3 is 2.58 bits per heavy atom. The number of nitrogens with one attached hydrogen (secondary N) is 1. The minimum atomic E-state index is -0.566. The van der Waals surface area contributed by atoms with Gasteiger partial charge in [-0.25, -0.2) is 4.98 Å². The molecule has 0 bridgehead atoms. The zero-order valence-electron chi connectivity index (χ0n) is 19.1. The van der Waals surface area contributed by atoms with Crippen LogP contribution in [0.15, 0.2) is 24.7 Å². The lowest BCUT2D eigenvalue weighted by molar-refractivity contribution is 0.0519. The van der Waals surface area contributed by atoms with Crippen LogP contribution in [0.25, 0.3) is 11.0 Å². The Bertz CT molecular complexity index is 1290. The number of carbonyl (C=O) groups is 3. The summed E-state index contributed by atoms with van der Waals surface area (Å²) in [7, 11) is 0. The molecule has 0 aromatic carbocycles. The second kappa shape index (κ2) is 7.26. The number of amides is 2. The van der Waals surface area contributed by atoms with Gasteiger partial charge in [0.1, 0.15) is 11.3 Å². The molecule has 5 rings (SSSR count). The summed E-state index contributed by atoms with van der Waals surface area (Å²) in [6, 6.07) is 1.67. The molecule has 3 N–H and O–H groups in total. The van der Waals surface area contributed by atoms with Crippen LogP contribution in [0.4, 0.5) is 0 Å². The van der Waals surface area contributed by atoms with Gasteiger partial charge in [-0.2, -0.15) is 5.10 Å². The molecule has 0 radical (unpaired) electrons. The highest BCUT2D eigenvalue weighted by Gasteiger charge is 2.43. The van der Waals surface area contributed by atoms with Gasteiger partial charge in [0.2, 0.25) is 0 Å². The van der Waals surface area contributed by atoms with Crippen molar-refractivity contribution in [3.8, 4) is 0 Å². The number of Topliss-reactive ketones (excluding diaryl/α,β-unsaturated/α-hetero) is 1. The molecule has 1 fully saturated rings. The number of likely N-dealkylation sites (tertiary alicyclic amines) is 1. The van der Waals surface area contributed by atoms with Gasteiger partial charge in [-0.3, -0.25) is 19.1 Å². The van der Waals surface area contributed by atoms with Crippen molar-refractivity contribution in [2.24, 2.45) is 11.1 Å². The van der Waals surface area contributed by atoms with Gasteiger partial charge in [-0.05, 0) is 51.5 Å². The second-order valence-corrected chi connectivity index (χ2v) is 10.4. The Hall–Kier alpha value is -3.49. The van der Waals surface area contributed by atoms with Crippen molar-refractivity contribution in [1.82, 2.24) is 24.6 Å². The van der Waals surface area contributed by atoms with Gasteiger partial charge in [-0.15, -0.1) is 0 Å². The van der Waals surface area contributed by atoms with Crippen LogP contribution < -0.4 is 5.73 Å². The Morgan fingerprint density at radius 1 is 1.18 bits per heavy atom. The molecule has 3 aromatic heterocycles. The summed E-state index contributed by atoms with van der Waals surface area (Å²) in [6.45, 7) is 7.36. The van der Waals surface area contributed by atoms with E-state index in [4.69, 9.17) is 5.73 Å². The second-order valence-electron chi connectivity index (χ2n) is 10.4. The number of H-pyrrole nitrogens is 1. The van der Waals surface area contributed by atoms with Crippen molar-refractivity contribution in [2.75, 3.05) is 13.1 Å². The van der Waals surface area contributed by atoms with E-state index in [0.717, 1.165) is 24.8 Å². The fourth-order valence-electron chi connectivity index (χ4n) is 5.05. The molecule has 4 heterocycles. The van der Waals surface area contributed by atoms with E-state index < -0.39 is 5.91 Å². The number of aromatic nitrogens is 4. The van der Waals surface area contributed by atoms with Crippen LogP contribution in [0.2, 0.25) is 0 Å². The molecule has 2 amide bonds. The molecule has 0 atom stereocenters. The number of nitrogens with zero attached hydrogens (tertiary/aromatic N) is 4. The predicted molar refractivity (Wildman–Crippen MR) is 122 cm³/mol. The Balaban J connectivity index is 1.33. The summed E-state index contributed by atoms with van der Waals surface area (Å²) >= 11 is 0. The van der Waals surface area contributed by atoms with E-state index in [-0.39, 0.29) is 22.6 Å². The largest absolute Gasteiger partial charge is 0.366 e. The van der Waals surface area contributed by atoms with E-state index >= 15 is 0 Å². The Morgan fingerprint density at radius 2 is 1.91 bits per heavy atom. The maximum atomic E-state index is 13.2. The van der Waals surface area contributed by atoms with Crippen LogP contribution in [0.1, 0.15) is 76.8 Å². The number of rotatable bonds is 2. The van der Waals surface area contributed by atoms with Gasteiger partial charge in [-0.1, -0.05) is 0 Å². The lowest BCUT2D eigenvalue weighted by Crippen LogP contribution is -2.46. The zero-order valence-corrected chi connectivity index (χ0v) is 19.1. The summed E-state index contributed by atoms with van der Waals surface area (Å²) in [4.78, 5) is 46.7. The molecule has 2 aliphatic rings. The standard InChI is InChI=1S/C24H28N6O3/c1-23(2,3)30-13-15-9-24(10-18(31)19(15)28-30)4-6-29(7-5-24)22(33)14-8-16-17(20(25)32)12-27-21(16)26-11-14/h8,11-13H,4-7,9-10H2,1-3H3,(H2,25,32)(H,26,27). The normalized spacial score (nSPS) is 18.0. The Kier molecular flexibility index (Phi) is 4.70. The van der Waals surface area contributed by atoms with Gasteiger partial charge in [0.15, 0.2) is 5.78 Å². The van der Waals surface area contributed by atoms with E-state index in [1.807, 2.05) is 15.8 Å². The molecule has 33 heavy (non-hydrogen) atoms. The van der Waals surface area contributed by atoms with Crippen molar-refractivity contribution in [3.63, 3.8) is 0 Å². The van der Waals surface area contributed by atoms with Crippen molar-refractivity contribution < 1.29 is 14.4 Å². The molecule has 1 spiro atoms. The average Bonchev–Trinajstić information content (AvgIpc) is 3.37. The molecule has 0 saturated carbocycles. The van der Waals surface area contributed by atoms with Gasteiger partial charge in [0, 0.05) is 49.1 Å². The molecule has 3 aromatic rings. The number of hydrogen-bond acceptors (Lipinski definition) is 5. The van der Waals surface area contributed by atoms with E-state index in [1.165, 1.54) is 12.4 Å². The smallest absolute Gasteiger partial charge is 0.255 e. The summed E-state index contributed by atoms with van der Waals surface area (Å²) in [5.74, 6) is -0.594. The monoisotopic (exact) mass is 448 g/mol. The van der Waals surface area contributed by atoms with Crippen LogP contribution in [-0.2, 0) is 12.0 Å². The number of carbonyl (C=O) groups excluding carboxylic acids is 3. The highest BCUT2D eigenvalue weighted by atomic mass is 16.2. The number of primary amides is 1. The third-order valence-electron chi connectivity index (χ3n) is 7.00. The SMILES string of the molecule is CC(C)(C)n1cc2c(n1)C(=O)CC1(CCN(C(=O)c3cnc4[nH]cc(C(N)=O)c4c3)CC1)C2. The lowest BCUT2D eigenvalue weighted by atomic mass is 9.67. The van der Waals surface area contributed by atoms with Crippen molar-refractivity contribution in [1.29, 1.82) is 0 Å². The zero-order chi connectivity index (χ0) is 23.5. The first kappa shape index (κ1) is 21.4. The number of pyridine rings is 1. The van der Waals surface area contributed by atoms with Crippen molar-refractivity contribution >= 4 is 28.6 Å². The first-order chi connectivity index (χ1) is 15.6. The van der Waals surface area contributed by atoms with E-state index in [2.05, 4.69) is 35.8 Å². The Labute approximate surface area is 191 Å². The number of hydrogen-bond donors (Lipinski definition) is 2. The molecule has 9 nitrogen and oxygen atoms in total. The van der Waals surface area contributed by atoms with Crippen LogP contribution in [0, 0.1) is 5.41 Å². The highest BCUT2D eigenvalue weighted by molar-refractivity contribution is 6.07. The number of fused-ring (bicyclic) bond motifs is 2. The maximum Gasteiger partial charge on any atom is 0.255 e. The molecule has 1 saturated heterocycles. The molecule has 172 valence electrons. The molecule has 1 aliphatic carbocycles. The van der Waals surface area contributed by atoms with Crippen LogP contribution >= 0.6 is 0 Å². The predicted octanol–water partition coefficient (Wildman–Crippen LogP) is 2.66. The summed E-state index contributed by atoms with van der Waals surface area (Å²) in [5, 5.41) is 5.11. The molecule has 1 aliphatic heterocycles. The molecular formula is C24H28N6O3. The number of ketones is 1. The molecular weight excluding hydrogens is 420 g/mol. The van der Waals surface area contributed by atoms with Gasteiger partial charge in [0.05, 0.1) is 16.7 Å². The first-order valence-corrected chi connectivity index (χ1v) is 11.2. The highest BCUT2D eigenvalue weighted by Crippen LogP contribution is 2.43. The number of nitrogens with two attached hydrogens (primary N) is 1. The van der Waals surface area contributed by atoms with E-state index in [0.29, 0.717) is 47.4 Å². The van der Waals surface area contributed by atoms with E-state index in [1.54, 1.807) is 6.07 Å². The maximum absolute atomic E-state index is 13.2. The van der Waals surface area contributed by atoms with Crippen molar-refractivity contribution in [3.05, 3.63) is 47.0 Å². The van der Waals surface area contributed by atoms with Gasteiger partial charge >= 0.3 is 0 Å². The van der Waals surface area contributed by atoms with E-state index in [9.17, 15) is 14.4 Å². The van der Waals surface area contributed by atoms with Gasteiger partial charge in [0.25, 0.3) is 11.8 Å². The third kappa shape index (κ3) is 3.61. The number of piperidine rings is 1. The molecule has 0 unspecified atom stereocenters. The summed E-state index contributed by atoms with van der Waals surface area (Å²) < 4.78 is 1.89. The van der Waals surface area contributed by atoms with Gasteiger partial charge < -0.3 is 15.6 Å². The fraction of sp³-hybridized carbons (Fsp3) is 0.458. The first-order valence-electron chi connectivity index (χ1n) is 11.2. The quantitative estimate of drug-likeness (QED) is 0.623. The molecule has 9 heteroatoms. The lowest BCUT2D eigenvalue weighted by Gasteiger charge is -2.43. The van der Waals surface area contributed by atoms with Crippen LogP contribution in [0.3, 0.4) is 0 Å². The van der Waals surface area contributed by atoms with Crippen molar-refractivity contribution in [2.45, 2.75) is 52.0 Å². The summed E-state index contributed by atoms with van der Waals surface area (Å²) in [6.07, 6.45) is 7.85. The fourth-order valence-corrected chi connectivity index (χ4v) is 5.05. The summed E-state index contributed by atoms with van der Waals surface area (Å²) in [5.41, 5.74) is 8.00. The average molecular weight is 449 g/mol. The number of aromatic amines is 1. The minimum absolute atomic E-state index is 0.0973. The van der Waals surface area contributed by atoms with Crippen LogP contribution in [0.5, 0.6) is 0 Å². The minimum Gasteiger partial charge on any atom is -0.366 e.